The van der Waals surface area contributed by atoms with Gasteiger partial charge in [0.2, 0.25) is 23.6 Å². The fourth-order valence-corrected chi connectivity index (χ4v) is 8.30. The van der Waals surface area contributed by atoms with Crippen molar-refractivity contribution in [3.8, 4) is 0 Å². The van der Waals surface area contributed by atoms with Crippen molar-refractivity contribution < 1.29 is 38.7 Å². The zero-order valence-electron chi connectivity index (χ0n) is 34.0. The Morgan fingerprint density at radius 1 is 0.885 bits per heavy atom. The molecule has 3 aliphatic rings. The van der Waals surface area contributed by atoms with Crippen molar-refractivity contribution in [3.63, 3.8) is 0 Å². The summed E-state index contributed by atoms with van der Waals surface area (Å²) in [6, 6.07) is 15.1. The van der Waals surface area contributed by atoms with Gasteiger partial charge in [-0.25, -0.2) is 9.80 Å². The van der Waals surface area contributed by atoms with Gasteiger partial charge in [0, 0.05) is 87.3 Å². The molecule has 1 saturated heterocycles. The summed E-state index contributed by atoms with van der Waals surface area (Å²) in [4.78, 5) is 93.8. The lowest BCUT2D eigenvalue weighted by atomic mass is 9.93. The first-order chi connectivity index (χ1) is 29.4. The third-order valence-electron chi connectivity index (χ3n) is 10.7. The number of carboxylic acid groups (broad SMARTS) is 1. The van der Waals surface area contributed by atoms with Gasteiger partial charge in [0.1, 0.15) is 6.04 Å². The van der Waals surface area contributed by atoms with E-state index >= 15 is 0 Å². The second kappa shape index (κ2) is 20.9. The van der Waals surface area contributed by atoms with E-state index in [0.29, 0.717) is 76.0 Å². The minimum Gasteiger partial charge on any atom is -0.480 e. The fourth-order valence-electron chi connectivity index (χ4n) is 7.19. The van der Waals surface area contributed by atoms with Crippen LogP contribution in [0.25, 0.3) is 0 Å². The Morgan fingerprint density at radius 3 is 2.36 bits per heavy atom. The summed E-state index contributed by atoms with van der Waals surface area (Å²) in [5.41, 5.74) is 11.2. The van der Waals surface area contributed by atoms with Crippen LogP contribution in [0, 0.1) is 5.92 Å². The van der Waals surface area contributed by atoms with Crippen molar-refractivity contribution in [2.24, 2.45) is 16.8 Å². The maximum absolute atomic E-state index is 13.0. The number of unbranched alkanes of at least 4 members (excludes halogenated alkanes) is 2. The van der Waals surface area contributed by atoms with E-state index in [0.717, 1.165) is 39.7 Å². The molecule has 322 valence electrons. The number of anilines is 1. The number of hydrazone groups is 1. The lowest BCUT2D eigenvalue weighted by Gasteiger charge is -2.28. The molecule has 3 aliphatic heterocycles. The minimum absolute atomic E-state index is 0.0300. The van der Waals surface area contributed by atoms with Gasteiger partial charge in [0.25, 0.3) is 5.91 Å². The molecule has 3 aromatic rings. The maximum atomic E-state index is 13.0. The molecule has 1 fully saturated rings. The minimum atomic E-state index is -1.16. The topological polar surface area (TPSA) is 237 Å². The first kappa shape index (κ1) is 44.4. The zero-order chi connectivity index (χ0) is 43.5. The van der Waals surface area contributed by atoms with Crippen LogP contribution in [-0.2, 0) is 43.6 Å². The van der Waals surface area contributed by atoms with E-state index in [1.807, 2.05) is 37.3 Å². The molecule has 4 heterocycles. The highest BCUT2D eigenvalue weighted by Crippen LogP contribution is 2.27. The number of imide groups is 1. The van der Waals surface area contributed by atoms with Crippen LogP contribution >= 0.6 is 11.8 Å². The van der Waals surface area contributed by atoms with Crippen molar-refractivity contribution in [2.45, 2.75) is 82.8 Å². The van der Waals surface area contributed by atoms with E-state index in [1.54, 1.807) is 41.6 Å². The second-order valence-electron chi connectivity index (χ2n) is 15.4. The Kier molecular flexibility index (Phi) is 15.2. The van der Waals surface area contributed by atoms with Crippen LogP contribution in [0.3, 0.4) is 0 Å². The summed E-state index contributed by atoms with van der Waals surface area (Å²) in [6.07, 6.45) is 6.46. The number of nitrogens with zero attached hydrogens (tertiary/aromatic N) is 5. The lowest BCUT2D eigenvalue weighted by molar-refractivity contribution is -0.139. The number of likely N-dealkylation sites (tertiary alicyclic amines) is 1. The third-order valence-corrected chi connectivity index (χ3v) is 12.0. The normalized spacial score (nSPS) is 17.8. The molecule has 7 amide bonds. The monoisotopic (exact) mass is 853 g/mol. The largest absolute Gasteiger partial charge is 0.480 e. The molecule has 2 unspecified atom stereocenters. The van der Waals surface area contributed by atoms with E-state index in [2.05, 4.69) is 20.9 Å². The van der Waals surface area contributed by atoms with Crippen molar-refractivity contribution >= 4 is 64.7 Å². The number of aromatic nitrogens is 1. The summed E-state index contributed by atoms with van der Waals surface area (Å²) in [6.45, 7) is 4.24. The van der Waals surface area contributed by atoms with Crippen molar-refractivity contribution in [1.82, 2.24) is 30.4 Å². The summed E-state index contributed by atoms with van der Waals surface area (Å²) >= 11 is 1.09. The molecule has 1 aromatic heterocycles. The van der Waals surface area contributed by atoms with Crippen LogP contribution < -0.4 is 21.7 Å². The smallest absolute Gasteiger partial charge is 0.322 e. The predicted molar refractivity (Wildman–Crippen MR) is 228 cm³/mol. The fraction of sp³-hybridized carbons (Fsp3) is 0.419. The van der Waals surface area contributed by atoms with E-state index in [4.69, 9.17) is 15.9 Å². The molecule has 0 saturated carbocycles. The van der Waals surface area contributed by atoms with E-state index in [1.165, 1.54) is 9.91 Å². The van der Waals surface area contributed by atoms with E-state index < -0.39 is 17.3 Å². The summed E-state index contributed by atoms with van der Waals surface area (Å²) in [5, 5.41) is 23.1. The Hall–Kier alpha value is -6.14. The van der Waals surface area contributed by atoms with Gasteiger partial charge < -0.3 is 31.7 Å². The number of hydrogen-bond acceptors (Lipinski definition) is 11. The average molecular weight is 854 g/mol. The number of fused-ring (bicyclic) bond motifs is 1. The number of rotatable bonds is 19. The van der Waals surface area contributed by atoms with Gasteiger partial charge in [0.05, 0.1) is 17.5 Å². The maximum Gasteiger partial charge on any atom is 0.322 e. The van der Waals surface area contributed by atoms with Gasteiger partial charge in [-0.2, -0.15) is 5.10 Å². The average Bonchev–Trinajstić information content (AvgIpc) is 3.80. The highest BCUT2D eigenvalue weighted by Gasteiger charge is 2.39. The van der Waals surface area contributed by atoms with Gasteiger partial charge in [-0.15, -0.1) is 11.8 Å². The first-order valence-electron chi connectivity index (χ1n) is 20.4. The molecule has 0 radical (unpaired) electrons. The first-order valence-corrected chi connectivity index (χ1v) is 21.5. The van der Waals surface area contributed by atoms with Crippen molar-refractivity contribution in [2.75, 3.05) is 30.7 Å². The number of nitrogens with one attached hydrogen (secondary N) is 3. The summed E-state index contributed by atoms with van der Waals surface area (Å²) in [5.74, 6) is -2.30. The Morgan fingerprint density at radius 2 is 1.62 bits per heavy atom. The molecule has 18 heteroatoms. The van der Waals surface area contributed by atoms with E-state index in [-0.39, 0.29) is 66.7 Å². The number of amides is 7. The van der Waals surface area contributed by atoms with Crippen molar-refractivity contribution in [1.29, 1.82) is 0 Å². The summed E-state index contributed by atoms with van der Waals surface area (Å²) in [7, 11) is 0. The number of benzene rings is 2. The molecule has 17 nitrogen and oxygen atoms in total. The Balaban J connectivity index is 0.860. The molecular formula is C43H51N9O8S. The van der Waals surface area contributed by atoms with Gasteiger partial charge in [-0.3, -0.25) is 38.7 Å². The highest BCUT2D eigenvalue weighted by molar-refractivity contribution is 8.00. The van der Waals surface area contributed by atoms with Crippen LogP contribution in [0.15, 0.2) is 72.1 Å². The van der Waals surface area contributed by atoms with Crippen LogP contribution in [-0.4, -0.2) is 109 Å². The predicted octanol–water partition coefficient (Wildman–Crippen LogP) is 3.47. The van der Waals surface area contributed by atoms with Gasteiger partial charge in [0.15, 0.2) is 0 Å². The van der Waals surface area contributed by atoms with E-state index in [9.17, 15) is 33.6 Å². The molecule has 0 bridgehead atoms. The van der Waals surface area contributed by atoms with Crippen LogP contribution in [0.2, 0.25) is 0 Å². The molecule has 0 spiro atoms. The standard InChI is InChI=1S/C43H51N9O8S/c1-27-20-38(55)52(49-39(27)29-11-13-33(14-12-29)48-43(60)50-24-31-15-18-45-22-32(31)25-50)23-28-7-9-30(10-8-28)40(56)47-17-5-16-46-36(53)6-3-2-4-19-51-37(54)21-35(41(51)57)61-26-34(44)42(58)59/h7-15,18,22,27,34-35H,2-6,16-17,19-21,23-26,44H2,1H3,(H,46,53)(H,47,56)(H,48,60)(H,58,59)/t27?,34-,35?/m0/s1. The number of carboxylic acids is 1. The molecule has 6 rings (SSSR count). The number of urea groups is 1. The molecule has 6 N–H and O–H groups in total. The number of carbonyl (C=O) groups excluding carboxylic acids is 6. The molecule has 2 aromatic carbocycles. The SMILES string of the molecule is CC1CC(=O)N(Cc2ccc(C(=O)NCCCNC(=O)CCCCCN3C(=O)CC(SC[C@H](N)C(=O)O)C3=O)cc2)N=C1c1ccc(NC(=O)N2Cc3ccncc3C2)cc1. The number of thioether (sulfide) groups is 1. The Labute approximate surface area is 357 Å². The van der Waals surface area contributed by atoms with Crippen LogP contribution in [0.1, 0.15) is 84.5 Å². The summed E-state index contributed by atoms with van der Waals surface area (Å²) < 4.78 is 0. The van der Waals surface area contributed by atoms with Gasteiger partial charge >= 0.3 is 12.0 Å². The van der Waals surface area contributed by atoms with Crippen LogP contribution in [0.5, 0.6) is 0 Å². The number of pyridine rings is 1. The number of hydrogen-bond donors (Lipinski definition) is 5. The number of carbonyl (C=O) groups is 7. The zero-order valence-corrected chi connectivity index (χ0v) is 34.8. The van der Waals surface area contributed by atoms with Crippen molar-refractivity contribution in [3.05, 3.63) is 94.8 Å². The second-order valence-corrected chi connectivity index (χ2v) is 16.6. The number of aliphatic carboxylic acids is 1. The van der Waals surface area contributed by atoms with Gasteiger partial charge in [-0.05, 0) is 71.8 Å². The molecule has 3 atom stereocenters. The number of nitrogens with two attached hydrogens (primary N) is 1. The highest BCUT2D eigenvalue weighted by atomic mass is 32.2. The molecule has 0 aliphatic carbocycles. The molecular weight excluding hydrogens is 803 g/mol. The Bertz CT molecular complexity index is 2120. The van der Waals surface area contributed by atoms with Gasteiger partial charge in [-0.1, -0.05) is 37.6 Å². The quantitative estimate of drug-likeness (QED) is 0.0865. The lowest BCUT2D eigenvalue weighted by Crippen LogP contribution is -2.36. The third kappa shape index (κ3) is 12.0. The molecule has 61 heavy (non-hydrogen) atoms. The van der Waals surface area contributed by atoms with Crippen LogP contribution in [0.4, 0.5) is 10.5 Å².